The Morgan fingerprint density at radius 1 is 1.33 bits per heavy atom. The van der Waals surface area contributed by atoms with Crippen LogP contribution in [-0.4, -0.2) is 51.6 Å². The normalized spacial score (nSPS) is 17.0. The Morgan fingerprint density at radius 2 is 2.26 bits per heavy atom. The average Bonchev–Trinajstić information content (AvgIpc) is 3.15. The van der Waals surface area contributed by atoms with Crippen molar-refractivity contribution in [1.82, 2.24) is 20.3 Å². The SMILES string of the molecule is O=C(CNc1cccc(O)c1)N[C@@H]1CCCN(c2ncnc3[nH]ccc23)C1. The van der Waals surface area contributed by atoms with E-state index < -0.39 is 0 Å². The Bertz CT molecular complexity index is 941. The van der Waals surface area contributed by atoms with Gasteiger partial charge in [-0.25, -0.2) is 9.97 Å². The highest BCUT2D eigenvalue weighted by molar-refractivity contribution is 5.87. The second-order valence-electron chi connectivity index (χ2n) is 6.69. The van der Waals surface area contributed by atoms with Crippen LogP contribution >= 0.6 is 0 Å². The van der Waals surface area contributed by atoms with Crippen LogP contribution < -0.4 is 15.5 Å². The predicted octanol–water partition coefficient (Wildman–Crippen LogP) is 1.86. The number of carbonyl (C=O) groups is 1. The lowest BCUT2D eigenvalue weighted by atomic mass is 10.1. The van der Waals surface area contributed by atoms with Gasteiger partial charge in [-0.15, -0.1) is 0 Å². The molecule has 1 amide bonds. The van der Waals surface area contributed by atoms with Crippen LogP contribution in [0.4, 0.5) is 11.5 Å². The molecule has 1 saturated heterocycles. The van der Waals surface area contributed by atoms with Gasteiger partial charge in [0.2, 0.25) is 5.91 Å². The number of hydrogen-bond donors (Lipinski definition) is 4. The number of aromatic hydroxyl groups is 1. The molecule has 1 aromatic carbocycles. The molecule has 8 heteroatoms. The van der Waals surface area contributed by atoms with Crippen LogP contribution in [0.5, 0.6) is 5.75 Å². The van der Waals surface area contributed by atoms with Crippen LogP contribution in [0.25, 0.3) is 11.0 Å². The lowest BCUT2D eigenvalue weighted by Gasteiger charge is -2.34. The van der Waals surface area contributed by atoms with Crippen molar-refractivity contribution < 1.29 is 9.90 Å². The molecule has 0 radical (unpaired) electrons. The van der Waals surface area contributed by atoms with Crippen molar-refractivity contribution in [1.29, 1.82) is 0 Å². The largest absolute Gasteiger partial charge is 0.508 e. The number of nitrogens with zero attached hydrogens (tertiary/aromatic N) is 3. The molecule has 1 aliphatic heterocycles. The van der Waals surface area contributed by atoms with Crippen molar-refractivity contribution in [3.05, 3.63) is 42.9 Å². The third-order valence-corrected chi connectivity index (χ3v) is 4.72. The molecule has 1 fully saturated rings. The van der Waals surface area contributed by atoms with Crippen molar-refractivity contribution in [3.63, 3.8) is 0 Å². The molecule has 1 atom stereocenters. The van der Waals surface area contributed by atoms with Gasteiger partial charge in [0.15, 0.2) is 0 Å². The van der Waals surface area contributed by atoms with Crippen molar-refractivity contribution in [2.45, 2.75) is 18.9 Å². The number of phenolic OH excluding ortho intramolecular Hbond substituents is 1. The second-order valence-corrected chi connectivity index (χ2v) is 6.69. The van der Waals surface area contributed by atoms with E-state index in [1.54, 1.807) is 24.5 Å². The molecule has 0 bridgehead atoms. The summed E-state index contributed by atoms with van der Waals surface area (Å²) < 4.78 is 0. The number of piperidine rings is 1. The molecule has 0 aliphatic carbocycles. The second kappa shape index (κ2) is 7.53. The van der Waals surface area contributed by atoms with Crippen molar-refractivity contribution in [2.75, 3.05) is 29.9 Å². The van der Waals surface area contributed by atoms with E-state index in [0.29, 0.717) is 5.69 Å². The number of carbonyl (C=O) groups excluding carboxylic acids is 1. The molecule has 2 aromatic heterocycles. The highest BCUT2D eigenvalue weighted by Crippen LogP contribution is 2.25. The van der Waals surface area contributed by atoms with Crippen LogP contribution in [0.1, 0.15) is 12.8 Å². The zero-order valence-electron chi connectivity index (χ0n) is 14.9. The predicted molar refractivity (Wildman–Crippen MR) is 104 cm³/mol. The zero-order valence-corrected chi connectivity index (χ0v) is 14.9. The number of aromatic amines is 1. The number of benzene rings is 1. The van der Waals surface area contributed by atoms with Crippen molar-refractivity contribution >= 4 is 28.4 Å². The summed E-state index contributed by atoms with van der Waals surface area (Å²) in [6, 6.07) is 8.78. The van der Waals surface area contributed by atoms with Crippen LogP contribution in [0.3, 0.4) is 0 Å². The molecule has 3 aromatic rings. The van der Waals surface area contributed by atoms with E-state index in [4.69, 9.17) is 0 Å². The number of fused-ring (bicyclic) bond motifs is 1. The molecular formula is C19H22N6O2. The fourth-order valence-corrected chi connectivity index (χ4v) is 3.47. The quantitative estimate of drug-likeness (QED) is 0.549. The van der Waals surface area contributed by atoms with Gasteiger partial charge in [-0.05, 0) is 31.0 Å². The van der Waals surface area contributed by atoms with Crippen molar-refractivity contribution in [2.24, 2.45) is 0 Å². The smallest absolute Gasteiger partial charge is 0.239 e. The molecule has 27 heavy (non-hydrogen) atoms. The lowest BCUT2D eigenvalue weighted by molar-refractivity contribution is -0.120. The number of phenols is 1. The van der Waals surface area contributed by atoms with Crippen LogP contribution in [0.2, 0.25) is 0 Å². The number of amides is 1. The van der Waals surface area contributed by atoms with E-state index in [-0.39, 0.29) is 24.2 Å². The average molecular weight is 366 g/mol. The van der Waals surface area contributed by atoms with Gasteiger partial charge in [-0.3, -0.25) is 4.79 Å². The van der Waals surface area contributed by atoms with Crippen LogP contribution in [-0.2, 0) is 4.79 Å². The topological polar surface area (TPSA) is 106 Å². The zero-order chi connectivity index (χ0) is 18.6. The Kier molecular flexibility index (Phi) is 4.78. The highest BCUT2D eigenvalue weighted by Gasteiger charge is 2.23. The van der Waals surface area contributed by atoms with Gasteiger partial charge in [0.05, 0.1) is 11.9 Å². The molecule has 1 aliphatic rings. The van der Waals surface area contributed by atoms with E-state index in [1.807, 2.05) is 18.3 Å². The summed E-state index contributed by atoms with van der Waals surface area (Å²) in [5.74, 6) is 1.00. The maximum atomic E-state index is 12.3. The van der Waals surface area contributed by atoms with Gasteiger partial charge in [-0.2, -0.15) is 0 Å². The fourth-order valence-electron chi connectivity index (χ4n) is 3.47. The number of anilines is 2. The molecule has 140 valence electrons. The molecule has 0 unspecified atom stereocenters. The summed E-state index contributed by atoms with van der Waals surface area (Å²) in [5, 5.41) is 16.6. The summed E-state index contributed by atoms with van der Waals surface area (Å²) in [6.07, 6.45) is 5.35. The Morgan fingerprint density at radius 3 is 3.15 bits per heavy atom. The third-order valence-electron chi connectivity index (χ3n) is 4.72. The van der Waals surface area contributed by atoms with Crippen LogP contribution in [0.15, 0.2) is 42.9 Å². The van der Waals surface area contributed by atoms with E-state index in [2.05, 4.69) is 30.5 Å². The summed E-state index contributed by atoms with van der Waals surface area (Å²) in [5.41, 5.74) is 1.53. The van der Waals surface area contributed by atoms with Gasteiger partial charge in [0, 0.05) is 37.1 Å². The number of rotatable bonds is 5. The number of nitrogens with one attached hydrogen (secondary N) is 3. The van der Waals surface area contributed by atoms with E-state index in [1.165, 1.54) is 0 Å². The summed E-state index contributed by atoms with van der Waals surface area (Å²) in [6.45, 7) is 1.79. The lowest BCUT2D eigenvalue weighted by Crippen LogP contribution is -2.49. The fraction of sp³-hybridized carbons (Fsp3) is 0.316. The summed E-state index contributed by atoms with van der Waals surface area (Å²) >= 11 is 0. The first-order valence-electron chi connectivity index (χ1n) is 9.04. The maximum absolute atomic E-state index is 12.3. The molecular weight excluding hydrogens is 344 g/mol. The molecule has 4 rings (SSSR count). The van der Waals surface area contributed by atoms with E-state index in [9.17, 15) is 9.90 Å². The standard InChI is InChI=1S/C19H22N6O2/c26-15-5-1-3-13(9-15)21-10-17(27)24-14-4-2-8-25(11-14)19-16-6-7-20-18(16)22-12-23-19/h1,3,5-7,9,12,14,21,26H,2,4,8,10-11H2,(H,24,27)(H,20,22,23)/t14-/m1/s1. The third kappa shape index (κ3) is 3.94. The minimum atomic E-state index is -0.0697. The first-order valence-corrected chi connectivity index (χ1v) is 9.04. The number of hydrogen-bond acceptors (Lipinski definition) is 6. The number of aromatic nitrogens is 3. The van der Waals surface area contributed by atoms with Gasteiger partial charge in [0.1, 0.15) is 23.5 Å². The van der Waals surface area contributed by atoms with E-state index >= 15 is 0 Å². The summed E-state index contributed by atoms with van der Waals surface area (Å²) in [7, 11) is 0. The number of H-pyrrole nitrogens is 1. The Labute approximate surface area is 156 Å². The molecule has 4 N–H and O–H groups in total. The minimum absolute atomic E-state index is 0.0697. The Balaban J connectivity index is 1.35. The highest BCUT2D eigenvalue weighted by atomic mass is 16.3. The van der Waals surface area contributed by atoms with Gasteiger partial charge in [-0.1, -0.05) is 6.07 Å². The molecule has 0 saturated carbocycles. The van der Waals surface area contributed by atoms with Crippen molar-refractivity contribution in [3.8, 4) is 5.75 Å². The first kappa shape index (κ1) is 17.1. The van der Waals surface area contributed by atoms with E-state index in [0.717, 1.165) is 42.8 Å². The minimum Gasteiger partial charge on any atom is -0.508 e. The maximum Gasteiger partial charge on any atom is 0.239 e. The molecule has 0 spiro atoms. The Hall–Kier alpha value is -3.29. The summed E-state index contributed by atoms with van der Waals surface area (Å²) in [4.78, 5) is 26.3. The first-order chi connectivity index (χ1) is 13.2. The van der Waals surface area contributed by atoms with Gasteiger partial charge >= 0.3 is 0 Å². The van der Waals surface area contributed by atoms with Gasteiger partial charge in [0.25, 0.3) is 0 Å². The monoisotopic (exact) mass is 366 g/mol. The molecule has 3 heterocycles. The van der Waals surface area contributed by atoms with Gasteiger partial charge < -0.3 is 25.6 Å². The van der Waals surface area contributed by atoms with Crippen LogP contribution in [0, 0.1) is 0 Å². The molecule has 8 nitrogen and oxygen atoms in total.